The Morgan fingerprint density at radius 2 is 1.79 bits per heavy atom. The van der Waals surface area contributed by atoms with E-state index in [1.54, 1.807) is 42.6 Å². The Kier molecular flexibility index (Phi) is 5.43. The van der Waals surface area contributed by atoms with Gasteiger partial charge < -0.3 is 10.1 Å². The van der Waals surface area contributed by atoms with Crippen molar-refractivity contribution in [2.75, 3.05) is 6.61 Å². The lowest BCUT2D eigenvalue weighted by atomic mass is 10.0. The minimum atomic E-state index is -4.90. The second-order valence-corrected chi connectivity index (χ2v) is 4.95. The third-order valence-electron chi connectivity index (χ3n) is 3.22. The molecule has 0 atom stereocenters. The van der Waals surface area contributed by atoms with E-state index in [1.165, 1.54) is 12.1 Å². The fourth-order valence-corrected chi connectivity index (χ4v) is 2.09. The molecule has 7 heteroatoms. The van der Waals surface area contributed by atoms with Crippen LogP contribution in [0.1, 0.15) is 12.5 Å². The summed E-state index contributed by atoms with van der Waals surface area (Å²) in [6.45, 7) is 1.92. The van der Waals surface area contributed by atoms with Crippen molar-refractivity contribution in [2.45, 2.75) is 19.6 Å². The van der Waals surface area contributed by atoms with Crippen molar-refractivity contribution >= 4 is 5.91 Å². The molecule has 2 aromatic carbocycles. The molecule has 0 bridgehead atoms. The largest absolute Gasteiger partial charge is 0.493 e. The van der Waals surface area contributed by atoms with Crippen LogP contribution in [0.5, 0.6) is 5.75 Å². The lowest BCUT2D eigenvalue weighted by Gasteiger charge is -2.12. The number of hydrogen-bond donors (Lipinski definition) is 1. The van der Waals surface area contributed by atoms with Crippen LogP contribution in [-0.2, 0) is 11.3 Å². The van der Waals surface area contributed by atoms with Crippen molar-refractivity contribution < 1.29 is 27.1 Å². The number of rotatable bonds is 5. The molecule has 0 aliphatic heterocycles. The predicted molar refractivity (Wildman–Crippen MR) is 80.9 cm³/mol. The van der Waals surface area contributed by atoms with E-state index in [0.29, 0.717) is 23.5 Å². The van der Waals surface area contributed by atoms with Crippen LogP contribution in [0, 0.1) is 5.82 Å². The Morgan fingerprint density at radius 1 is 1.12 bits per heavy atom. The van der Waals surface area contributed by atoms with Gasteiger partial charge in [0.15, 0.2) is 0 Å². The summed E-state index contributed by atoms with van der Waals surface area (Å²) in [5.74, 6) is -2.02. The zero-order chi connectivity index (χ0) is 17.7. The Balaban J connectivity index is 2.14. The van der Waals surface area contributed by atoms with Gasteiger partial charge in [-0.15, -0.1) is 0 Å². The van der Waals surface area contributed by atoms with Crippen LogP contribution >= 0.6 is 0 Å². The highest BCUT2D eigenvalue weighted by Crippen LogP contribution is 2.31. The molecule has 24 heavy (non-hydrogen) atoms. The average molecular weight is 341 g/mol. The summed E-state index contributed by atoms with van der Waals surface area (Å²) < 4.78 is 55.1. The molecule has 2 aromatic rings. The molecule has 0 saturated carbocycles. The molecule has 0 aromatic heterocycles. The Labute approximate surface area is 136 Å². The highest BCUT2D eigenvalue weighted by Gasteiger charge is 2.38. The van der Waals surface area contributed by atoms with Gasteiger partial charge in [-0.1, -0.05) is 24.3 Å². The van der Waals surface area contributed by atoms with E-state index in [-0.39, 0.29) is 6.54 Å². The lowest BCUT2D eigenvalue weighted by Crippen LogP contribution is -2.36. The molecule has 0 saturated heterocycles. The number of amides is 1. The van der Waals surface area contributed by atoms with E-state index < -0.39 is 17.9 Å². The van der Waals surface area contributed by atoms with Crippen molar-refractivity contribution in [3.05, 3.63) is 53.8 Å². The maximum atomic E-state index is 13.3. The van der Waals surface area contributed by atoms with Crippen LogP contribution in [0.2, 0.25) is 0 Å². The minimum Gasteiger partial charge on any atom is -0.493 e. The van der Waals surface area contributed by atoms with Crippen LogP contribution in [-0.4, -0.2) is 18.7 Å². The minimum absolute atomic E-state index is 0.236. The maximum Gasteiger partial charge on any atom is 0.471 e. The number of halogens is 4. The van der Waals surface area contributed by atoms with E-state index in [2.05, 4.69) is 0 Å². The smallest absolute Gasteiger partial charge is 0.471 e. The van der Waals surface area contributed by atoms with Crippen molar-refractivity contribution in [2.24, 2.45) is 0 Å². The normalized spacial score (nSPS) is 11.2. The van der Waals surface area contributed by atoms with Crippen molar-refractivity contribution in [1.29, 1.82) is 0 Å². The zero-order valence-corrected chi connectivity index (χ0v) is 12.8. The van der Waals surface area contributed by atoms with Crippen LogP contribution in [0.3, 0.4) is 0 Å². The molecule has 0 aliphatic carbocycles. The Bertz CT molecular complexity index is 712. The van der Waals surface area contributed by atoms with Gasteiger partial charge in [0, 0.05) is 18.2 Å². The van der Waals surface area contributed by atoms with Crippen molar-refractivity contribution in [1.82, 2.24) is 5.32 Å². The van der Waals surface area contributed by atoms with Crippen molar-refractivity contribution in [3.63, 3.8) is 0 Å². The lowest BCUT2D eigenvalue weighted by molar-refractivity contribution is -0.173. The molecule has 0 fully saturated rings. The monoisotopic (exact) mass is 341 g/mol. The van der Waals surface area contributed by atoms with E-state index in [4.69, 9.17) is 4.74 Å². The number of ether oxygens (including phenoxy) is 1. The van der Waals surface area contributed by atoms with Crippen molar-refractivity contribution in [3.8, 4) is 16.9 Å². The number of carbonyl (C=O) groups is 1. The molecule has 0 spiro atoms. The Hall–Kier alpha value is -2.57. The quantitative estimate of drug-likeness (QED) is 0.833. The molecule has 0 unspecified atom stereocenters. The molecule has 1 amide bonds. The third kappa shape index (κ3) is 4.47. The summed E-state index contributed by atoms with van der Waals surface area (Å²) in [5.41, 5.74) is 1.91. The average Bonchev–Trinajstić information content (AvgIpc) is 2.53. The molecule has 3 nitrogen and oxygen atoms in total. The first kappa shape index (κ1) is 17.8. The summed E-state index contributed by atoms with van der Waals surface area (Å²) in [6, 6.07) is 10.7. The third-order valence-corrected chi connectivity index (χ3v) is 3.22. The summed E-state index contributed by atoms with van der Waals surface area (Å²) in [7, 11) is 0. The van der Waals surface area contributed by atoms with Gasteiger partial charge in [-0.3, -0.25) is 4.79 Å². The number of alkyl halides is 3. The van der Waals surface area contributed by atoms with Gasteiger partial charge in [0.25, 0.3) is 0 Å². The maximum absolute atomic E-state index is 13.3. The van der Waals surface area contributed by atoms with Crippen LogP contribution in [0.15, 0.2) is 42.5 Å². The van der Waals surface area contributed by atoms with Gasteiger partial charge >= 0.3 is 12.1 Å². The van der Waals surface area contributed by atoms with Gasteiger partial charge in [0.2, 0.25) is 0 Å². The predicted octanol–water partition coefficient (Wildman–Crippen LogP) is 4.07. The molecular weight excluding hydrogens is 326 g/mol. The molecule has 2 rings (SSSR count). The van der Waals surface area contributed by atoms with Crippen LogP contribution in [0.4, 0.5) is 17.6 Å². The molecule has 0 aliphatic rings. The number of benzene rings is 2. The molecule has 0 radical (unpaired) electrons. The van der Waals surface area contributed by atoms with Gasteiger partial charge in [0.1, 0.15) is 11.6 Å². The number of hydrogen-bond acceptors (Lipinski definition) is 2. The zero-order valence-electron chi connectivity index (χ0n) is 12.8. The summed E-state index contributed by atoms with van der Waals surface area (Å²) in [5, 5.41) is 1.80. The SMILES string of the molecule is CCOc1cc(F)ccc1-c1ccc(CNC(=O)C(F)(F)F)cc1. The van der Waals surface area contributed by atoms with Gasteiger partial charge in [-0.2, -0.15) is 13.2 Å². The Morgan fingerprint density at radius 3 is 2.38 bits per heavy atom. The second-order valence-electron chi connectivity index (χ2n) is 4.95. The standard InChI is InChI=1S/C17H15F4NO2/c1-2-24-15-9-13(18)7-8-14(15)12-5-3-11(4-6-12)10-22-16(23)17(19,20)21/h3-9H,2,10H2,1H3,(H,22,23). The highest BCUT2D eigenvalue weighted by atomic mass is 19.4. The molecular formula is C17H15F4NO2. The number of carbonyl (C=O) groups excluding carboxylic acids is 1. The van der Waals surface area contributed by atoms with Crippen LogP contribution < -0.4 is 10.1 Å². The molecule has 128 valence electrons. The highest BCUT2D eigenvalue weighted by molar-refractivity contribution is 5.81. The summed E-state index contributed by atoms with van der Waals surface area (Å²) in [6.07, 6.45) is -4.90. The van der Waals surface area contributed by atoms with Gasteiger partial charge in [-0.25, -0.2) is 4.39 Å². The van der Waals surface area contributed by atoms with Gasteiger partial charge in [-0.05, 0) is 30.2 Å². The van der Waals surface area contributed by atoms with Gasteiger partial charge in [0.05, 0.1) is 6.61 Å². The second kappa shape index (κ2) is 7.33. The number of nitrogens with one attached hydrogen (secondary N) is 1. The fourth-order valence-electron chi connectivity index (χ4n) is 2.09. The first-order valence-electron chi connectivity index (χ1n) is 7.18. The first-order chi connectivity index (χ1) is 11.3. The van der Waals surface area contributed by atoms with E-state index in [1.807, 2.05) is 0 Å². The van der Waals surface area contributed by atoms with Crippen LogP contribution in [0.25, 0.3) is 11.1 Å². The summed E-state index contributed by atoms with van der Waals surface area (Å²) >= 11 is 0. The van der Waals surface area contributed by atoms with E-state index in [9.17, 15) is 22.4 Å². The first-order valence-corrected chi connectivity index (χ1v) is 7.18. The summed E-state index contributed by atoms with van der Waals surface area (Å²) in [4.78, 5) is 10.8. The fraction of sp³-hybridized carbons (Fsp3) is 0.235. The topological polar surface area (TPSA) is 38.3 Å². The molecule has 1 N–H and O–H groups in total. The van der Waals surface area contributed by atoms with E-state index in [0.717, 1.165) is 5.56 Å². The molecule has 0 heterocycles. The van der Waals surface area contributed by atoms with E-state index >= 15 is 0 Å².